The Morgan fingerprint density at radius 2 is 1.32 bits per heavy atom. The molecular formula is C21H19N. The van der Waals surface area contributed by atoms with E-state index < -0.39 is 0 Å². The van der Waals surface area contributed by atoms with Crippen LogP contribution < -0.4 is 0 Å². The van der Waals surface area contributed by atoms with E-state index in [1.165, 1.54) is 42.3 Å². The minimum Gasteiger partial charge on any atom is -0.247 e. The molecule has 0 N–H and O–H groups in total. The first-order chi connectivity index (χ1) is 10.9. The van der Waals surface area contributed by atoms with Gasteiger partial charge in [-0.1, -0.05) is 48.5 Å². The fourth-order valence-corrected chi connectivity index (χ4v) is 4.59. The fourth-order valence-electron chi connectivity index (χ4n) is 4.59. The van der Waals surface area contributed by atoms with Gasteiger partial charge in [-0.3, -0.25) is 0 Å². The molecule has 1 heterocycles. The van der Waals surface area contributed by atoms with Crippen molar-refractivity contribution in [2.75, 3.05) is 0 Å². The molecule has 0 unspecified atom stereocenters. The highest BCUT2D eigenvalue weighted by Crippen LogP contribution is 2.53. The lowest BCUT2D eigenvalue weighted by Gasteiger charge is -2.40. The van der Waals surface area contributed by atoms with Crippen molar-refractivity contribution in [3.05, 3.63) is 65.7 Å². The van der Waals surface area contributed by atoms with Crippen LogP contribution in [0.4, 0.5) is 0 Å². The predicted molar refractivity (Wildman–Crippen MR) is 91.1 cm³/mol. The van der Waals surface area contributed by atoms with Crippen molar-refractivity contribution in [3.63, 3.8) is 0 Å². The predicted octanol–water partition coefficient (Wildman–Crippen LogP) is 5.66. The zero-order chi connectivity index (χ0) is 14.5. The molecule has 3 aromatic rings. The van der Waals surface area contributed by atoms with E-state index >= 15 is 0 Å². The molecule has 2 bridgehead atoms. The Morgan fingerprint density at radius 1 is 0.682 bits per heavy atom. The number of aromatic nitrogens is 1. The molecule has 0 amide bonds. The number of pyridine rings is 1. The van der Waals surface area contributed by atoms with Crippen molar-refractivity contribution in [3.8, 4) is 11.3 Å². The van der Waals surface area contributed by atoms with Gasteiger partial charge in [0.25, 0.3) is 0 Å². The number of fused-ring (bicyclic) bond motifs is 3. The van der Waals surface area contributed by atoms with E-state index in [9.17, 15) is 0 Å². The monoisotopic (exact) mass is 285 g/mol. The van der Waals surface area contributed by atoms with Gasteiger partial charge in [-0.05, 0) is 54.7 Å². The van der Waals surface area contributed by atoms with Crippen LogP contribution in [0.1, 0.15) is 48.6 Å². The van der Waals surface area contributed by atoms with E-state index in [0.717, 1.165) is 11.4 Å². The van der Waals surface area contributed by atoms with Gasteiger partial charge in [0.2, 0.25) is 0 Å². The summed E-state index contributed by atoms with van der Waals surface area (Å²) < 4.78 is 0. The summed E-state index contributed by atoms with van der Waals surface area (Å²) in [7, 11) is 0. The molecule has 1 heteroatoms. The maximum atomic E-state index is 5.08. The second-order valence-corrected chi connectivity index (χ2v) is 6.72. The van der Waals surface area contributed by atoms with Crippen molar-refractivity contribution < 1.29 is 0 Å². The Hall–Kier alpha value is -2.15. The number of hydrogen-bond acceptors (Lipinski definition) is 1. The molecule has 0 spiro atoms. The quantitative estimate of drug-likeness (QED) is 0.562. The summed E-state index contributed by atoms with van der Waals surface area (Å²) in [5, 5.41) is 1.39. The van der Waals surface area contributed by atoms with Crippen molar-refractivity contribution >= 4 is 10.9 Å². The van der Waals surface area contributed by atoms with Crippen molar-refractivity contribution in [2.45, 2.75) is 37.5 Å². The standard InChI is InChI=1S/C21H19N/c1-2-6-16(7-3-1)21-20-15-12-10-14(11-13-15)19(20)17-8-4-5-9-18(17)22-21/h1-9,14-15H,10-13H2. The molecular weight excluding hydrogens is 266 g/mol. The Balaban J connectivity index is 1.90. The topological polar surface area (TPSA) is 12.9 Å². The first-order valence-electron chi connectivity index (χ1n) is 8.40. The van der Waals surface area contributed by atoms with E-state index in [0.29, 0.717) is 5.92 Å². The summed E-state index contributed by atoms with van der Waals surface area (Å²) in [6.45, 7) is 0. The molecule has 108 valence electrons. The highest BCUT2D eigenvalue weighted by atomic mass is 14.7. The Bertz CT molecular complexity index is 842. The third-order valence-electron chi connectivity index (χ3n) is 5.56. The second-order valence-electron chi connectivity index (χ2n) is 6.72. The van der Waals surface area contributed by atoms with Gasteiger partial charge in [-0.2, -0.15) is 0 Å². The Labute approximate surface area is 131 Å². The van der Waals surface area contributed by atoms with Gasteiger partial charge in [0.1, 0.15) is 0 Å². The summed E-state index contributed by atoms with van der Waals surface area (Å²) >= 11 is 0. The molecule has 2 aromatic carbocycles. The van der Waals surface area contributed by atoms with Crippen LogP contribution in [-0.2, 0) is 0 Å². The SMILES string of the molecule is c1ccc(-c2nc3ccccc3c3c2C2CCC3CC2)cc1. The molecule has 1 fully saturated rings. The van der Waals surface area contributed by atoms with Crippen LogP contribution >= 0.6 is 0 Å². The third-order valence-corrected chi connectivity index (χ3v) is 5.56. The highest BCUT2D eigenvalue weighted by molar-refractivity contribution is 5.88. The van der Waals surface area contributed by atoms with Crippen LogP contribution in [0.3, 0.4) is 0 Å². The maximum absolute atomic E-state index is 5.08. The van der Waals surface area contributed by atoms with E-state index in [1.54, 1.807) is 11.1 Å². The van der Waals surface area contributed by atoms with E-state index in [1.807, 2.05) is 0 Å². The normalized spacial score (nSPS) is 22.7. The molecule has 0 atom stereocenters. The minimum absolute atomic E-state index is 0.715. The molecule has 1 aromatic heterocycles. The van der Waals surface area contributed by atoms with Gasteiger partial charge in [0.05, 0.1) is 11.2 Å². The molecule has 22 heavy (non-hydrogen) atoms. The number of rotatable bonds is 1. The molecule has 0 aliphatic heterocycles. The number of nitrogens with zero attached hydrogens (tertiary/aromatic N) is 1. The zero-order valence-electron chi connectivity index (χ0n) is 12.6. The summed E-state index contributed by atoms with van der Waals surface area (Å²) in [6.07, 6.45) is 5.41. The van der Waals surface area contributed by atoms with Crippen LogP contribution in [0.5, 0.6) is 0 Å². The lowest BCUT2D eigenvalue weighted by Crippen LogP contribution is -2.23. The molecule has 3 aliphatic rings. The van der Waals surface area contributed by atoms with Crippen LogP contribution in [-0.4, -0.2) is 4.98 Å². The third kappa shape index (κ3) is 1.68. The van der Waals surface area contributed by atoms with Gasteiger partial charge < -0.3 is 0 Å². The van der Waals surface area contributed by atoms with Crippen LogP contribution in [0.2, 0.25) is 0 Å². The van der Waals surface area contributed by atoms with Gasteiger partial charge in [-0.15, -0.1) is 0 Å². The largest absolute Gasteiger partial charge is 0.247 e. The molecule has 6 rings (SSSR count). The number of hydrogen-bond donors (Lipinski definition) is 0. The van der Waals surface area contributed by atoms with E-state index in [4.69, 9.17) is 4.98 Å². The lowest BCUT2D eigenvalue weighted by atomic mass is 9.65. The van der Waals surface area contributed by atoms with Crippen LogP contribution in [0.15, 0.2) is 54.6 Å². The van der Waals surface area contributed by atoms with E-state index in [-0.39, 0.29) is 0 Å². The summed E-state index contributed by atoms with van der Waals surface area (Å²) in [6, 6.07) is 19.5. The second kappa shape index (κ2) is 4.67. The molecule has 0 saturated heterocycles. The Kier molecular flexibility index (Phi) is 2.63. The first kappa shape index (κ1) is 12.4. The molecule has 0 radical (unpaired) electrons. The average molecular weight is 285 g/mol. The van der Waals surface area contributed by atoms with Gasteiger partial charge in [0, 0.05) is 10.9 Å². The molecule has 1 saturated carbocycles. The fraction of sp³-hybridized carbons (Fsp3) is 0.286. The number of para-hydroxylation sites is 1. The van der Waals surface area contributed by atoms with Crippen molar-refractivity contribution in [1.29, 1.82) is 0 Å². The summed E-state index contributed by atoms with van der Waals surface area (Å²) in [4.78, 5) is 5.08. The average Bonchev–Trinajstić information content (AvgIpc) is 2.62. The smallest absolute Gasteiger partial charge is 0.0747 e. The minimum atomic E-state index is 0.715. The van der Waals surface area contributed by atoms with Crippen molar-refractivity contribution in [1.82, 2.24) is 4.98 Å². The van der Waals surface area contributed by atoms with E-state index in [2.05, 4.69) is 54.6 Å². The van der Waals surface area contributed by atoms with Crippen molar-refractivity contribution in [2.24, 2.45) is 0 Å². The Morgan fingerprint density at radius 3 is 2.09 bits per heavy atom. The van der Waals surface area contributed by atoms with Gasteiger partial charge in [-0.25, -0.2) is 4.98 Å². The van der Waals surface area contributed by atoms with Gasteiger partial charge >= 0.3 is 0 Å². The summed E-state index contributed by atoms with van der Waals surface area (Å²) in [5.41, 5.74) is 6.85. The van der Waals surface area contributed by atoms with Crippen LogP contribution in [0.25, 0.3) is 22.2 Å². The van der Waals surface area contributed by atoms with Crippen LogP contribution in [0, 0.1) is 0 Å². The summed E-state index contributed by atoms with van der Waals surface area (Å²) in [5.74, 6) is 1.46. The lowest BCUT2D eigenvalue weighted by molar-refractivity contribution is 0.361. The molecule has 3 aliphatic carbocycles. The maximum Gasteiger partial charge on any atom is 0.0747 e. The zero-order valence-corrected chi connectivity index (χ0v) is 12.6. The van der Waals surface area contributed by atoms with Gasteiger partial charge in [0.15, 0.2) is 0 Å². The molecule has 1 nitrogen and oxygen atoms in total. The number of benzene rings is 2. The first-order valence-corrected chi connectivity index (χ1v) is 8.40. The highest BCUT2D eigenvalue weighted by Gasteiger charge is 2.36.